The quantitative estimate of drug-likeness (QED) is 0.696. The van der Waals surface area contributed by atoms with Crippen LogP contribution in [-0.4, -0.2) is 11.1 Å². The summed E-state index contributed by atoms with van der Waals surface area (Å²) >= 11 is 0. The molecular weight excluding hydrogens is 330 g/mol. The molecule has 2 aromatic carbocycles. The number of allylic oxidation sites excluding steroid dienone is 4. The van der Waals surface area contributed by atoms with E-state index >= 15 is 0 Å². The molecule has 2 N–H and O–H groups in total. The van der Waals surface area contributed by atoms with Crippen molar-refractivity contribution >= 4 is 5.57 Å². The van der Waals surface area contributed by atoms with Crippen LogP contribution in [-0.2, 0) is 6.54 Å². The van der Waals surface area contributed by atoms with Crippen LogP contribution < -0.4 is 5.32 Å². The smallest absolute Gasteiger partial charge is 0.0940 e. The Morgan fingerprint density at radius 2 is 1.56 bits per heavy atom. The molecule has 2 heteroatoms. The predicted octanol–water partition coefficient (Wildman–Crippen LogP) is 5.66. The molecule has 0 bridgehead atoms. The molecule has 1 aliphatic carbocycles. The molecule has 2 nitrogen and oxygen atoms in total. The van der Waals surface area contributed by atoms with E-state index in [1.165, 1.54) is 33.4 Å². The van der Waals surface area contributed by atoms with Crippen molar-refractivity contribution in [3.05, 3.63) is 88.0 Å². The molecule has 27 heavy (non-hydrogen) atoms. The highest BCUT2D eigenvalue weighted by molar-refractivity contribution is 5.81. The molecular formula is C25H31NO. The number of hydrogen-bond acceptors (Lipinski definition) is 2. The van der Waals surface area contributed by atoms with E-state index in [1.807, 2.05) is 37.3 Å². The third-order valence-electron chi connectivity index (χ3n) is 6.18. The van der Waals surface area contributed by atoms with E-state index in [1.54, 1.807) is 0 Å². The monoisotopic (exact) mass is 361 g/mol. The van der Waals surface area contributed by atoms with E-state index in [-0.39, 0.29) is 6.04 Å². The molecule has 0 heterocycles. The van der Waals surface area contributed by atoms with Crippen molar-refractivity contribution in [1.82, 2.24) is 5.32 Å². The molecule has 0 saturated carbocycles. The maximum absolute atomic E-state index is 10.6. The van der Waals surface area contributed by atoms with Gasteiger partial charge in [0.1, 0.15) is 0 Å². The van der Waals surface area contributed by atoms with Gasteiger partial charge in [-0.3, -0.25) is 0 Å². The van der Waals surface area contributed by atoms with Gasteiger partial charge in [0, 0.05) is 18.5 Å². The number of hydrogen-bond donors (Lipinski definition) is 2. The summed E-state index contributed by atoms with van der Waals surface area (Å²) in [4.78, 5) is 0. The summed E-state index contributed by atoms with van der Waals surface area (Å²) in [6.07, 6.45) is -0.518. The zero-order chi connectivity index (χ0) is 19.6. The Labute approximate surface area is 163 Å². The van der Waals surface area contributed by atoms with Crippen LogP contribution in [0.5, 0.6) is 0 Å². The minimum absolute atomic E-state index is 0.0295. The summed E-state index contributed by atoms with van der Waals surface area (Å²) in [6.45, 7) is 11.8. The second-order valence-electron chi connectivity index (χ2n) is 7.75. The Kier molecular flexibility index (Phi) is 5.98. The average Bonchev–Trinajstić information content (AvgIpc) is 2.89. The summed E-state index contributed by atoms with van der Waals surface area (Å²) in [5.41, 5.74) is 9.31. The van der Waals surface area contributed by atoms with Gasteiger partial charge in [-0.2, -0.15) is 0 Å². The lowest BCUT2D eigenvalue weighted by molar-refractivity contribution is 0.135. The van der Waals surface area contributed by atoms with Gasteiger partial charge in [0.25, 0.3) is 0 Å². The lowest BCUT2D eigenvalue weighted by Crippen LogP contribution is -2.32. The maximum Gasteiger partial charge on any atom is 0.0940 e. The standard InChI is InChI=1S/C25H31NO/c1-16-17(2)19(4)24(18(16)3)23-14-10-9-13-22(23)15-26-20(5)25(27)21-11-7-6-8-12-21/h6-14,18,20,25-27H,15H2,1-5H3/t18?,20-,25-/m0/s1. The van der Waals surface area contributed by atoms with Gasteiger partial charge in [-0.05, 0) is 61.1 Å². The first-order chi connectivity index (χ1) is 12.9. The fourth-order valence-electron chi connectivity index (χ4n) is 4.06. The van der Waals surface area contributed by atoms with Crippen LogP contribution in [0, 0.1) is 5.92 Å². The van der Waals surface area contributed by atoms with Gasteiger partial charge >= 0.3 is 0 Å². The maximum atomic E-state index is 10.6. The van der Waals surface area contributed by atoms with Crippen LogP contribution in [0.2, 0.25) is 0 Å². The highest BCUT2D eigenvalue weighted by Crippen LogP contribution is 2.43. The molecule has 1 aliphatic rings. The minimum Gasteiger partial charge on any atom is -0.387 e. The summed E-state index contributed by atoms with van der Waals surface area (Å²) < 4.78 is 0. The van der Waals surface area contributed by atoms with Gasteiger partial charge in [0.15, 0.2) is 0 Å². The molecule has 3 atom stereocenters. The van der Waals surface area contributed by atoms with Crippen molar-refractivity contribution in [3.63, 3.8) is 0 Å². The van der Waals surface area contributed by atoms with E-state index in [4.69, 9.17) is 0 Å². The predicted molar refractivity (Wildman–Crippen MR) is 114 cm³/mol. The van der Waals surface area contributed by atoms with Crippen LogP contribution in [0.1, 0.15) is 57.4 Å². The topological polar surface area (TPSA) is 32.3 Å². The van der Waals surface area contributed by atoms with Crippen molar-refractivity contribution in [3.8, 4) is 0 Å². The van der Waals surface area contributed by atoms with Crippen molar-refractivity contribution < 1.29 is 5.11 Å². The van der Waals surface area contributed by atoms with Gasteiger partial charge in [-0.15, -0.1) is 0 Å². The molecule has 0 amide bonds. The first kappa shape index (κ1) is 19.6. The number of aliphatic hydroxyl groups excluding tert-OH is 1. The Bertz CT molecular complexity index is 863. The van der Waals surface area contributed by atoms with E-state index in [0.717, 1.165) is 12.1 Å². The minimum atomic E-state index is -0.518. The lowest BCUT2D eigenvalue weighted by atomic mass is 9.88. The Morgan fingerprint density at radius 1 is 0.926 bits per heavy atom. The molecule has 3 rings (SSSR count). The number of benzene rings is 2. The third kappa shape index (κ3) is 3.92. The Morgan fingerprint density at radius 3 is 2.19 bits per heavy atom. The first-order valence-electron chi connectivity index (χ1n) is 9.85. The second kappa shape index (κ2) is 8.24. The fraction of sp³-hybridized carbons (Fsp3) is 0.360. The molecule has 0 fully saturated rings. The molecule has 0 aliphatic heterocycles. The zero-order valence-corrected chi connectivity index (χ0v) is 17.1. The van der Waals surface area contributed by atoms with Gasteiger partial charge in [-0.25, -0.2) is 0 Å². The highest BCUT2D eigenvalue weighted by Gasteiger charge is 2.26. The van der Waals surface area contributed by atoms with Gasteiger partial charge in [-0.1, -0.05) is 67.1 Å². The largest absolute Gasteiger partial charge is 0.387 e. The number of nitrogens with one attached hydrogen (secondary N) is 1. The molecule has 0 aromatic heterocycles. The Balaban J connectivity index is 1.78. The van der Waals surface area contributed by atoms with Crippen LogP contribution in [0.4, 0.5) is 0 Å². The van der Waals surface area contributed by atoms with Crippen molar-refractivity contribution in [1.29, 1.82) is 0 Å². The van der Waals surface area contributed by atoms with Gasteiger partial charge in [0.2, 0.25) is 0 Å². The number of rotatable bonds is 6. The van der Waals surface area contributed by atoms with Crippen molar-refractivity contribution in [2.45, 2.75) is 53.3 Å². The normalized spacial score (nSPS) is 19.6. The SMILES string of the molecule is CC1=C(C)C(C)C(c2ccccc2CN[C@@H](C)[C@H](O)c2ccccc2)=C1C. The molecule has 0 radical (unpaired) electrons. The summed E-state index contributed by atoms with van der Waals surface area (Å²) in [6, 6.07) is 18.5. The molecule has 1 unspecified atom stereocenters. The van der Waals surface area contributed by atoms with Crippen molar-refractivity contribution in [2.24, 2.45) is 5.92 Å². The lowest BCUT2D eigenvalue weighted by Gasteiger charge is -2.23. The molecule has 142 valence electrons. The van der Waals surface area contributed by atoms with E-state index in [0.29, 0.717) is 5.92 Å². The van der Waals surface area contributed by atoms with Gasteiger partial charge in [0.05, 0.1) is 6.10 Å². The molecule has 0 saturated heterocycles. The second-order valence-corrected chi connectivity index (χ2v) is 7.75. The third-order valence-corrected chi connectivity index (χ3v) is 6.18. The van der Waals surface area contributed by atoms with Crippen LogP contribution in [0.3, 0.4) is 0 Å². The average molecular weight is 362 g/mol. The summed E-state index contributed by atoms with van der Waals surface area (Å²) in [7, 11) is 0. The fourth-order valence-corrected chi connectivity index (χ4v) is 4.06. The Hall–Kier alpha value is -2.16. The van der Waals surface area contributed by atoms with Crippen LogP contribution in [0.25, 0.3) is 5.57 Å². The molecule has 2 aromatic rings. The molecule has 0 spiro atoms. The summed E-state index contributed by atoms with van der Waals surface area (Å²) in [5.74, 6) is 0.457. The van der Waals surface area contributed by atoms with E-state index < -0.39 is 6.10 Å². The van der Waals surface area contributed by atoms with Crippen LogP contribution in [0.15, 0.2) is 71.3 Å². The van der Waals surface area contributed by atoms with E-state index in [2.05, 4.69) is 57.3 Å². The summed E-state index contributed by atoms with van der Waals surface area (Å²) in [5, 5.41) is 14.1. The van der Waals surface area contributed by atoms with Crippen molar-refractivity contribution in [2.75, 3.05) is 0 Å². The number of aliphatic hydroxyl groups is 1. The van der Waals surface area contributed by atoms with E-state index in [9.17, 15) is 5.11 Å². The first-order valence-corrected chi connectivity index (χ1v) is 9.85. The zero-order valence-electron chi connectivity index (χ0n) is 17.1. The van der Waals surface area contributed by atoms with Gasteiger partial charge < -0.3 is 10.4 Å². The van der Waals surface area contributed by atoms with Crippen LogP contribution >= 0.6 is 0 Å². The highest BCUT2D eigenvalue weighted by atomic mass is 16.3.